The van der Waals surface area contributed by atoms with Gasteiger partial charge >= 0.3 is 0 Å². The van der Waals surface area contributed by atoms with Crippen LogP contribution in [0.25, 0.3) is 6.08 Å². The molecule has 3 rings (SSSR count). The molecule has 0 aromatic heterocycles. The van der Waals surface area contributed by atoms with Gasteiger partial charge in [0.1, 0.15) is 9.23 Å². The van der Waals surface area contributed by atoms with Crippen molar-refractivity contribution in [2.24, 2.45) is 0 Å². The van der Waals surface area contributed by atoms with E-state index in [1.807, 2.05) is 24.3 Å². The van der Waals surface area contributed by atoms with Crippen LogP contribution in [0.2, 0.25) is 0 Å². The standard InChI is InChI=1S/C14H12N2OS2/c1-2-16-10-6-4-3-5-9(10)7-8-11(16)12-13(17)15-14(18)19-12/h3-8H,2H2,1H3,(H,15,17,18). The number of thiocarbonyl (C=S) groups is 1. The SMILES string of the molecule is CCN1C(=C2SC(=S)NC2=O)C=Cc2ccccc21. The molecule has 1 amide bonds. The molecule has 3 nitrogen and oxygen atoms in total. The molecule has 19 heavy (non-hydrogen) atoms. The highest BCUT2D eigenvalue weighted by atomic mass is 32.2. The van der Waals surface area contributed by atoms with Gasteiger partial charge in [0.2, 0.25) is 0 Å². The summed E-state index contributed by atoms with van der Waals surface area (Å²) in [5.41, 5.74) is 3.21. The number of carbonyl (C=O) groups is 1. The lowest BCUT2D eigenvalue weighted by Gasteiger charge is -2.29. The van der Waals surface area contributed by atoms with Crippen molar-refractivity contribution >= 4 is 46.0 Å². The summed E-state index contributed by atoms with van der Waals surface area (Å²) < 4.78 is 0.524. The Kier molecular flexibility index (Phi) is 3.16. The molecule has 0 atom stereocenters. The summed E-state index contributed by atoms with van der Waals surface area (Å²) in [6.07, 6.45) is 4.03. The molecule has 2 aliphatic heterocycles. The van der Waals surface area contributed by atoms with Gasteiger partial charge in [-0.05, 0) is 24.6 Å². The smallest absolute Gasteiger partial charge is 0.265 e. The minimum atomic E-state index is -0.104. The zero-order chi connectivity index (χ0) is 13.4. The molecule has 2 heterocycles. The molecule has 1 aromatic carbocycles. The molecular formula is C14H12N2OS2. The van der Waals surface area contributed by atoms with Crippen molar-refractivity contribution in [3.8, 4) is 0 Å². The Morgan fingerprint density at radius 2 is 2.11 bits per heavy atom. The highest BCUT2D eigenvalue weighted by Crippen LogP contribution is 2.36. The molecule has 0 unspecified atom stereocenters. The number of fused-ring (bicyclic) bond motifs is 1. The predicted octanol–water partition coefficient (Wildman–Crippen LogP) is 2.90. The summed E-state index contributed by atoms with van der Waals surface area (Å²) in [6.45, 7) is 2.88. The first-order chi connectivity index (χ1) is 9.20. The molecule has 0 bridgehead atoms. The Balaban J connectivity index is 2.13. The first-order valence-corrected chi connectivity index (χ1v) is 7.25. The number of nitrogens with zero attached hydrogens (tertiary/aromatic N) is 1. The summed E-state index contributed by atoms with van der Waals surface area (Å²) in [6, 6.07) is 8.16. The van der Waals surface area contributed by atoms with Crippen LogP contribution in [0.4, 0.5) is 5.69 Å². The minimum Gasteiger partial charge on any atom is -0.340 e. The Bertz CT molecular complexity index is 634. The number of para-hydroxylation sites is 1. The van der Waals surface area contributed by atoms with Crippen LogP contribution in [0.1, 0.15) is 12.5 Å². The molecule has 1 aromatic rings. The number of nitrogens with one attached hydrogen (secondary N) is 1. The van der Waals surface area contributed by atoms with Crippen molar-refractivity contribution in [1.29, 1.82) is 0 Å². The van der Waals surface area contributed by atoms with E-state index in [0.717, 1.165) is 17.9 Å². The molecule has 0 radical (unpaired) electrons. The van der Waals surface area contributed by atoms with Gasteiger partial charge in [0.25, 0.3) is 5.91 Å². The van der Waals surface area contributed by atoms with Gasteiger partial charge in [-0.25, -0.2) is 0 Å². The van der Waals surface area contributed by atoms with E-state index in [0.29, 0.717) is 9.23 Å². The monoisotopic (exact) mass is 288 g/mol. The normalized spacial score (nSPS) is 21.6. The van der Waals surface area contributed by atoms with Crippen LogP contribution in [-0.2, 0) is 4.79 Å². The number of hydrogen-bond acceptors (Lipinski definition) is 4. The van der Waals surface area contributed by atoms with Crippen LogP contribution in [0.3, 0.4) is 0 Å². The molecule has 0 saturated carbocycles. The highest BCUT2D eigenvalue weighted by molar-refractivity contribution is 8.26. The summed E-state index contributed by atoms with van der Waals surface area (Å²) in [5, 5.41) is 2.67. The van der Waals surface area contributed by atoms with Gasteiger partial charge in [-0.1, -0.05) is 48.3 Å². The van der Waals surface area contributed by atoms with Gasteiger partial charge in [-0.3, -0.25) is 4.79 Å². The van der Waals surface area contributed by atoms with Gasteiger partial charge in [0.15, 0.2) is 0 Å². The van der Waals surface area contributed by atoms with E-state index in [1.165, 1.54) is 17.3 Å². The second-order valence-electron chi connectivity index (χ2n) is 4.19. The molecular weight excluding hydrogens is 276 g/mol. The van der Waals surface area contributed by atoms with E-state index in [4.69, 9.17) is 12.2 Å². The third kappa shape index (κ3) is 2.09. The first-order valence-electron chi connectivity index (χ1n) is 6.03. The van der Waals surface area contributed by atoms with Crippen LogP contribution in [-0.4, -0.2) is 16.8 Å². The average molecular weight is 288 g/mol. The zero-order valence-corrected chi connectivity index (χ0v) is 12.0. The lowest BCUT2D eigenvalue weighted by atomic mass is 10.1. The Hall–Kier alpha value is -1.59. The lowest BCUT2D eigenvalue weighted by Crippen LogP contribution is -2.27. The molecule has 5 heteroatoms. The predicted molar refractivity (Wildman–Crippen MR) is 83.9 cm³/mol. The zero-order valence-electron chi connectivity index (χ0n) is 10.3. The number of rotatable bonds is 1. The number of carbonyl (C=O) groups excluding carboxylic acids is 1. The fourth-order valence-electron chi connectivity index (χ4n) is 2.28. The number of benzene rings is 1. The molecule has 1 N–H and O–H groups in total. The van der Waals surface area contributed by atoms with E-state index < -0.39 is 0 Å². The third-order valence-corrected chi connectivity index (χ3v) is 4.34. The Labute approximate surface area is 121 Å². The Morgan fingerprint density at radius 1 is 1.32 bits per heavy atom. The van der Waals surface area contributed by atoms with Crippen LogP contribution < -0.4 is 10.2 Å². The highest BCUT2D eigenvalue weighted by Gasteiger charge is 2.29. The molecule has 1 fully saturated rings. The topological polar surface area (TPSA) is 32.3 Å². The van der Waals surface area contributed by atoms with Crippen molar-refractivity contribution in [1.82, 2.24) is 5.32 Å². The average Bonchev–Trinajstić information content (AvgIpc) is 2.76. The first kappa shape index (κ1) is 12.4. The number of anilines is 1. The summed E-state index contributed by atoms with van der Waals surface area (Å²) in [7, 11) is 0. The van der Waals surface area contributed by atoms with Gasteiger partial charge in [0, 0.05) is 12.2 Å². The van der Waals surface area contributed by atoms with E-state index in [-0.39, 0.29) is 5.91 Å². The van der Waals surface area contributed by atoms with Crippen molar-refractivity contribution in [3.63, 3.8) is 0 Å². The largest absolute Gasteiger partial charge is 0.340 e. The van der Waals surface area contributed by atoms with E-state index in [9.17, 15) is 4.79 Å². The molecule has 96 valence electrons. The number of likely N-dealkylation sites (N-methyl/N-ethyl adjacent to an activating group) is 1. The minimum absolute atomic E-state index is 0.104. The summed E-state index contributed by atoms with van der Waals surface area (Å²) in [4.78, 5) is 14.7. The maximum absolute atomic E-state index is 11.9. The third-order valence-electron chi connectivity index (χ3n) is 3.10. The maximum atomic E-state index is 11.9. The van der Waals surface area contributed by atoms with Crippen molar-refractivity contribution < 1.29 is 4.79 Å². The second kappa shape index (κ2) is 4.83. The van der Waals surface area contributed by atoms with E-state index in [1.54, 1.807) is 0 Å². The van der Waals surface area contributed by atoms with E-state index in [2.05, 4.69) is 29.3 Å². The fourth-order valence-corrected chi connectivity index (χ4v) is 3.38. The number of thioether (sulfide) groups is 1. The number of amides is 1. The lowest BCUT2D eigenvalue weighted by molar-refractivity contribution is -0.115. The van der Waals surface area contributed by atoms with E-state index >= 15 is 0 Å². The van der Waals surface area contributed by atoms with Crippen LogP contribution in [0.15, 0.2) is 40.9 Å². The van der Waals surface area contributed by atoms with Crippen LogP contribution in [0.5, 0.6) is 0 Å². The number of allylic oxidation sites excluding steroid dienone is 1. The molecule has 2 aliphatic rings. The quantitative estimate of drug-likeness (QED) is 0.636. The van der Waals surface area contributed by atoms with Crippen LogP contribution in [0, 0.1) is 0 Å². The maximum Gasteiger partial charge on any atom is 0.265 e. The number of hydrogen-bond donors (Lipinski definition) is 1. The molecule has 0 spiro atoms. The van der Waals surface area contributed by atoms with Crippen molar-refractivity contribution in [2.75, 3.05) is 11.4 Å². The fraction of sp³-hybridized carbons (Fsp3) is 0.143. The van der Waals surface area contributed by atoms with Crippen molar-refractivity contribution in [2.45, 2.75) is 6.92 Å². The van der Waals surface area contributed by atoms with Crippen LogP contribution >= 0.6 is 24.0 Å². The van der Waals surface area contributed by atoms with Gasteiger partial charge < -0.3 is 10.2 Å². The van der Waals surface area contributed by atoms with Gasteiger partial charge in [0.05, 0.1) is 5.70 Å². The second-order valence-corrected chi connectivity index (χ2v) is 5.88. The molecule has 1 saturated heterocycles. The van der Waals surface area contributed by atoms with Crippen molar-refractivity contribution in [3.05, 3.63) is 46.5 Å². The Morgan fingerprint density at radius 3 is 2.79 bits per heavy atom. The molecule has 0 aliphatic carbocycles. The summed E-state index contributed by atoms with van der Waals surface area (Å²) >= 11 is 6.38. The summed E-state index contributed by atoms with van der Waals surface area (Å²) in [5.74, 6) is -0.104. The van der Waals surface area contributed by atoms with Gasteiger partial charge in [-0.15, -0.1) is 0 Å². The van der Waals surface area contributed by atoms with Gasteiger partial charge in [-0.2, -0.15) is 0 Å².